The third-order valence-electron chi connectivity index (χ3n) is 4.33. The largest absolute Gasteiger partial charge is 0.472 e. The summed E-state index contributed by atoms with van der Waals surface area (Å²) < 4.78 is 18.7. The number of nitrogens with zero attached hydrogens (tertiary/aromatic N) is 2. The zero-order valence-corrected chi connectivity index (χ0v) is 12.3. The van der Waals surface area contributed by atoms with E-state index < -0.39 is 5.95 Å². The Morgan fingerprint density at radius 1 is 1.27 bits per heavy atom. The summed E-state index contributed by atoms with van der Waals surface area (Å²) in [6.45, 7) is 1.14. The summed E-state index contributed by atoms with van der Waals surface area (Å²) in [4.78, 5) is 29.2. The number of amides is 1. The Morgan fingerprint density at radius 3 is 2.77 bits per heavy atom. The van der Waals surface area contributed by atoms with Crippen molar-refractivity contribution in [1.29, 1.82) is 0 Å². The summed E-state index contributed by atoms with van der Waals surface area (Å²) in [6, 6.07) is 4.43. The lowest BCUT2D eigenvalue weighted by Crippen LogP contribution is -2.37. The molecule has 1 aromatic rings. The number of halogens is 1. The highest BCUT2D eigenvalue weighted by Gasteiger charge is 2.33. The fourth-order valence-corrected chi connectivity index (χ4v) is 3.10. The van der Waals surface area contributed by atoms with Crippen LogP contribution < -0.4 is 4.74 Å². The van der Waals surface area contributed by atoms with Crippen LogP contribution in [0.1, 0.15) is 32.1 Å². The van der Waals surface area contributed by atoms with Gasteiger partial charge in [-0.3, -0.25) is 9.59 Å². The third-order valence-corrected chi connectivity index (χ3v) is 4.33. The van der Waals surface area contributed by atoms with E-state index in [9.17, 15) is 14.0 Å². The molecule has 2 aliphatic rings. The number of aromatic nitrogens is 1. The number of carbonyl (C=O) groups is 2. The predicted octanol–water partition coefficient (Wildman–Crippen LogP) is 1.96. The van der Waals surface area contributed by atoms with Gasteiger partial charge in [0.15, 0.2) is 0 Å². The van der Waals surface area contributed by atoms with Crippen LogP contribution in [0.25, 0.3) is 0 Å². The highest BCUT2D eigenvalue weighted by Crippen LogP contribution is 2.26. The number of hydrogen-bond acceptors (Lipinski definition) is 4. The first kappa shape index (κ1) is 14.9. The van der Waals surface area contributed by atoms with Crippen LogP contribution in [0.5, 0.6) is 5.88 Å². The molecule has 1 saturated carbocycles. The molecule has 1 atom stereocenters. The number of hydrogen-bond donors (Lipinski definition) is 0. The van der Waals surface area contributed by atoms with Crippen LogP contribution in [0.3, 0.4) is 0 Å². The maximum Gasteiger partial charge on any atom is 0.225 e. The van der Waals surface area contributed by atoms with E-state index in [0.29, 0.717) is 38.8 Å². The van der Waals surface area contributed by atoms with Crippen LogP contribution in [0.15, 0.2) is 18.2 Å². The molecule has 22 heavy (non-hydrogen) atoms. The summed E-state index contributed by atoms with van der Waals surface area (Å²) >= 11 is 0. The van der Waals surface area contributed by atoms with Crippen LogP contribution >= 0.6 is 0 Å². The summed E-state index contributed by atoms with van der Waals surface area (Å²) in [6.07, 6.45) is 2.91. The molecule has 6 heteroatoms. The maximum atomic E-state index is 13.0. The molecule has 1 aromatic heterocycles. The van der Waals surface area contributed by atoms with Gasteiger partial charge in [0.2, 0.25) is 17.7 Å². The van der Waals surface area contributed by atoms with Crippen molar-refractivity contribution in [3.63, 3.8) is 0 Å². The highest BCUT2D eigenvalue weighted by atomic mass is 19.1. The molecule has 2 fully saturated rings. The maximum absolute atomic E-state index is 13.0. The molecule has 5 nitrogen and oxygen atoms in total. The number of ether oxygens (including phenoxy) is 1. The van der Waals surface area contributed by atoms with E-state index in [1.165, 1.54) is 6.07 Å². The van der Waals surface area contributed by atoms with E-state index in [2.05, 4.69) is 4.98 Å². The summed E-state index contributed by atoms with van der Waals surface area (Å²) in [5, 5.41) is 0. The number of rotatable bonds is 3. The average molecular weight is 306 g/mol. The second kappa shape index (κ2) is 6.42. The van der Waals surface area contributed by atoms with E-state index in [-0.39, 0.29) is 29.6 Å². The third kappa shape index (κ3) is 3.43. The molecule has 0 bridgehead atoms. The van der Waals surface area contributed by atoms with Crippen molar-refractivity contribution in [2.45, 2.75) is 38.2 Å². The summed E-state index contributed by atoms with van der Waals surface area (Å²) in [5.74, 6) is 0.0104. The van der Waals surface area contributed by atoms with Gasteiger partial charge in [0.25, 0.3) is 0 Å². The first-order valence-corrected chi connectivity index (χ1v) is 7.71. The molecule has 0 N–H and O–H groups in total. The molecule has 2 heterocycles. The normalized spacial score (nSPS) is 22.9. The van der Waals surface area contributed by atoms with Gasteiger partial charge in [0.05, 0.1) is 6.54 Å². The van der Waals surface area contributed by atoms with Gasteiger partial charge < -0.3 is 9.64 Å². The molecule has 3 rings (SSSR count). The van der Waals surface area contributed by atoms with Gasteiger partial charge in [0, 0.05) is 37.8 Å². The number of Topliss-reactive ketones (excluding diaryl/α,β-unsaturated/α-hetero) is 1. The Labute approximate surface area is 128 Å². The minimum atomic E-state index is -0.574. The zero-order valence-electron chi connectivity index (χ0n) is 12.3. The molecule has 1 saturated heterocycles. The Morgan fingerprint density at radius 2 is 2.05 bits per heavy atom. The van der Waals surface area contributed by atoms with Crippen LogP contribution in [0.2, 0.25) is 0 Å². The van der Waals surface area contributed by atoms with Crippen molar-refractivity contribution in [1.82, 2.24) is 9.88 Å². The Bertz CT molecular complexity index is 568. The first-order chi connectivity index (χ1) is 10.6. The van der Waals surface area contributed by atoms with Crippen molar-refractivity contribution in [2.75, 3.05) is 13.1 Å². The van der Waals surface area contributed by atoms with Gasteiger partial charge in [-0.1, -0.05) is 6.07 Å². The predicted molar refractivity (Wildman–Crippen MR) is 76.8 cm³/mol. The van der Waals surface area contributed by atoms with Gasteiger partial charge >= 0.3 is 0 Å². The Balaban J connectivity index is 1.53. The smallest absolute Gasteiger partial charge is 0.225 e. The van der Waals surface area contributed by atoms with Crippen molar-refractivity contribution in [3.05, 3.63) is 24.1 Å². The minimum Gasteiger partial charge on any atom is -0.472 e. The van der Waals surface area contributed by atoms with E-state index in [0.717, 1.165) is 6.42 Å². The van der Waals surface area contributed by atoms with E-state index in [1.807, 2.05) is 0 Å². The molecular weight excluding hydrogens is 287 g/mol. The lowest BCUT2D eigenvalue weighted by Gasteiger charge is -2.25. The van der Waals surface area contributed by atoms with Gasteiger partial charge in [-0.25, -0.2) is 0 Å². The van der Waals surface area contributed by atoms with Gasteiger partial charge in [-0.15, -0.1) is 0 Å². The highest BCUT2D eigenvalue weighted by molar-refractivity contribution is 5.84. The zero-order chi connectivity index (χ0) is 15.5. The molecular formula is C16H19FN2O3. The van der Waals surface area contributed by atoms with Crippen LogP contribution in [0.4, 0.5) is 4.39 Å². The summed E-state index contributed by atoms with van der Waals surface area (Å²) in [5.41, 5.74) is 0. The first-order valence-electron chi connectivity index (χ1n) is 7.71. The van der Waals surface area contributed by atoms with Crippen LogP contribution in [-0.4, -0.2) is 40.8 Å². The standard InChI is InChI=1S/C16H19FN2O3/c17-14-2-1-3-15(18-14)22-13-8-9-19(10-13)16(21)11-4-6-12(20)7-5-11/h1-3,11,13H,4-10H2. The Kier molecular flexibility index (Phi) is 4.36. The molecule has 1 aliphatic carbocycles. The van der Waals surface area contributed by atoms with E-state index >= 15 is 0 Å². The molecule has 0 radical (unpaired) electrons. The lowest BCUT2D eigenvalue weighted by atomic mass is 9.87. The second-order valence-corrected chi connectivity index (χ2v) is 5.92. The van der Waals surface area contributed by atoms with Gasteiger partial charge in [-0.2, -0.15) is 9.37 Å². The van der Waals surface area contributed by atoms with E-state index in [1.54, 1.807) is 17.0 Å². The van der Waals surface area contributed by atoms with Crippen molar-refractivity contribution < 1.29 is 18.7 Å². The Hall–Kier alpha value is -1.98. The number of carbonyl (C=O) groups excluding carboxylic acids is 2. The number of pyridine rings is 1. The second-order valence-electron chi connectivity index (χ2n) is 5.92. The van der Waals surface area contributed by atoms with Crippen LogP contribution in [0, 0.1) is 11.9 Å². The lowest BCUT2D eigenvalue weighted by molar-refractivity contribution is -0.136. The molecule has 1 unspecified atom stereocenters. The van der Waals surface area contributed by atoms with E-state index in [4.69, 9.17) is 4.74 Å². The summed E-state index contributed by atoms with van der Waals surface area (Å²) in [7, 11) is 0. The SMILES string of the molecule is O=C1CCC(C(=O)N2CCC(Oc3cccc(F)n3)C2)CC1. The van der Waals surface area contributed by atoms with Gasteiger partial charge in [-0.05, 0) is 18.9 Å². The molecule has 0 aromatic carbocycles. The number of ketones is 1. The fraction of sp³-hybridized carbons (Fsp3) is 0.562. The quantitative estimate of drug-likeness (QED) is 0.801. The molecule has 1 aliphatic heterocycles. The molecule has 118 valence electrons. The van der Waals surface area contributed by atoms with Crippen molar-refractivity contribution >= 4 is 11.7 Å². The molecule has 0 spiro atoms. The van der Waals surface area contributed by atoms with Gasteiger partial charge in [0.1, 0.15) is 11.9 Å². The van der Waals surface area contributed by atoms with Crippen molar-refractivity contribution in [3.8, 4) is 5.88 Å². The topological polar surface area (TPSA) is 59.5 Å². The van der Waals surface area contributed by atoms with Crippen LogP contribution in [-0.2, 0) is 9.59 Å². The monoisotopic (exact) mass is 306 g/mol. The molecule has 1 amide bonds. The average Bonchev–Trinajstić information content (AvgIpc) is 2.96. The van der Waals surface area contributed by atoms with Crippen molar-refractivity contribution in [2.24, 2.45) is 5.92 Å². The number of likely N-dealkylation sites (tertiary alicyclic amines) is 1. The fourth-order valence-electron chi connectivity index (χ4n) is 3.10. The minimum absolute atomic E-state index is 0.0382.